The number of nitrogens with one attached hydrogen (secondary N) is 2. The fourth-order valence-electron chi connectivity index (χ4n) is 3.61. The van der Waals surface area contributed by atoms with Crippen molar-refractivity contribution in [2.75, 3.05) is 6.61 Å². The Balaban J connectivity index is 1.54. The lowest BCUT2D eigenvalue weighted by Crippen LogP contribution is -2.45. The van der Waals surface area contributed by atoms with Gasteiger partial charge in [0.1, 0.15) is 11.9 Å². The van der Waals surface area contributed by atoms with E-state index in [-0.39, 0.29) is 12.2 Å². The minimum atomic E-state index is -1.14. The molecule has 0 unspecified atom stereocenters. The number of fused-ring (bicyclic) bond motifs is 2. The first-order chi connectivity index (χ1) is 13.5. The minimum absolute atomic E-state index is 0.0705. The normalized spacial score (nSPS) is 17.1. The van der Waals surface area contributed by atoms with E-state index in [1.54, 1.807) is 12.3 Å². The number of aromatic amines is 1. The number of benzene rings is 2. The molecule has 0 bridgehead atoms. The summed E-state index contributed by atoms with van der Waals surface area (Å²) in [5.74, 6) is -2.00. The predicted octanol–water partition coefficient (Wildman–Crippen LogP) is 2.73. The molecule has 28 heavy (non-hydrogen) atoms. The molecule has 0 saturated heterocycles. The van der Waals surface area contributed by atoms with E-state index in [0.717, 1.165) is 16.5 Å². The van der Waals surface area contributed by atoms with Gasteiger partial charge in [-0.1, -0.05) is 24.3 Å². The quantitative estimate of drug-likeness (QED) is 0.633. The topological polar surface area (TPSA) is 91.4 Å². The third kappa shape index (κ3) is 3.48. The molecule has 0 fully saturated rings. The smallest absolute Gasteiger partial charge is 0.326 e. The maximum absolute atomic E-state index is 13.4. The van der Waals surface area contributed by atoms with Crippen molar-refractivity contribution in [2.45, 2.75) is 25.0 Å². The van der Waals surface area contributed by atoms with Crippen LogP contribution in [-0.4, -0.2) is 34.6 Å². The van der Waals surface area contributed by atoms with Gasteiger partial charge in [-0.3, -0.25) is 4.79 Å². The van der Waals surface area contributed by atoms with E-state index in [4.69, 9.17) is 4.74 Å². The lowest BCUT2D eigenvalue weighted by Gasteiger charge is -2.26. The van der Waals surface area contributed by atoms with Gasteiger partial charge in [-0.2, -0.15) is 0 Å². The minimum Gasteiger partial charge on any atom is -0.480 e. The Labute approximate surface area is 160 Å². The van der Waals surface area contributed by atoms with E-state index >= 15 is 0 Å². The fraction of sp³-hybridized carbons (Fsp3) is 0.238. The van der Waals surface area contributed by atoms with Crippen LogP contribution < -0.4 is 5.32 Å². The van der Waals surface area contributed by atoms with E-state index in [0.29, 0.717) is 24.1 Å². The molecule has 1 amide bonds. The number of carbonyl (C=O) groups is 2. The number of aliphatic carboxylic acids is 1. The molecule has 7 heteroatoms. The molecule has 3 N–H and O–H groups in total. The second-order valence-corrected chi connectivity index (χ2v) is 6.81. The van der Waals surface area contributed by atoms with Gasteiger partial charge in [0.2, 0.25) is 0 Å². The highest BCUT2D eigenvalue weighted by molar-refractivity contribution is 5.89. The average molecular weight is 382 g/mol. The van der Waals surface area contributed by atoms with Crippen molar-refractivity contribution < 1.29 is 23.8 Å². The summed E-state index contributed by atoms with van der Waals surface area (Å²) in [4.78, 5) is 27.4. The Morgan fingerprint density at radius 2 is 2.11 bits per heavy atom. The highest BCUT2D eigenvalue weighted by Crippen LogP contribution is 2.27. The summed E-state index contributed by atoms with van der Waals surface area (Å²) in [5.41, 5.74) is 3.06. The van der Waals surface area contributed by atoms with Crippen LogP contribution in [0, 0.1) is 5.82 Å². The SMILES string of the molecule is O=C(N[C@H](Cc1c[nH]c2cc(F)ccc12)C(=O)O)[C@H]1OCCc2ccccc21. The second-order valence-electron chi connectivity index (χ2n) is 6.81. The van der Waals surface area contributed by atoms with Crippen molar-refractivity contribution in [3.63, 3.8) is 0 Å². The van der Waals surface area contributed by atoms with E-state index in [1.807, 2.05) is 24.3 Å². The number of carbonyl (C=O) groups excluding carboxylic acids is 1. The molecule has 3 aromatic rings. The van der Waals surface area contributed by atoms with Crippen molar-refractivity contribution in [3.8, 4) is 0 Å². The summed E-state index contributed by atoms with van der Waals surface area (Å²) in [5, 5.41) is 12.9. The highest BCUT2D eigenvalue weighted by Gasteiger charge is 2.31. The number of carboxylic acid groups (broad SMARTS) is 1. The molecule has 4 rings (SSSR count). The number of hydrogen-bond acceptors (Lipinski definition) is 3. The van der Waals surface area contributed by atoms with Crippen LogP contribution in [0.3, 0.4) is 0 Å². The number of halogens is 1. The summed E-state index contributed by atoms with van der Waals surface area (Å²) in [6.45, 7) is 0.404. The number of H-pyrrole nitrogens is 1. The molecule has 144 valence electrons. The molecule has 6 nitrogen and oxygen atoms in total. The summed E-state index contributed by atoms with van der Waals surface area (Å²) < 4.78 is 19.0. The molecule has 0 spiro atoms. The number of ether oxygens (including phenoxy) is 1. The van der Waals surface area contributed by atoms with Crippen molar-refractivity contribution in [1.82, 2.24) is 10.3 Å². The van der Waals surface area contributed by atoms with Gasteiger partial charge in [0.25, 0.3) is 5.91 Å². The Bertz CT molecular complexity index is 1050. The Morgan fingerprint density at radius 3 is 2.93 bits per heavy atom. The number of carboxylic acids is 1. The summed E-state index contributed by atoms with van der Waals surface area (Å²) in [6.07, 6.45) is 1.59. The Kier molecular flexibility index (Phi) is 4.83. The number of aromatic nitrogens is 1. The van der Waals surface area contributed by atoms with Gasteiger partial charge in [0.15, 0.2) is 6.10 Å². The molecule has 1 aromatic heterocycles. The van der Waals surface area contributed by atoms with Crippen LogP contribution in [-0.2, 0) is 27.2 Å². The van der Waals surface area contributed by atoms with E-state index in [9.17, 15) is 19.1 Å². The van der Waals surface area contributed by atoms with Crippen molar-refractivity contribution in [2.24, 2.45) is 0 Å². The third-order valence-electron chi connectivity index (χ3n) is 5.00. The number of amides is 1. The average Bonchev–Trinajstić information content (AvgIpc) is 3.08. The molecule has 1 aliphatic rings. The lowest BCUT2D eigenvalue weighted by molar-refractivity contribution is -0.144. The molecular weight excluding hydrogens is 363 g/mol. The molecule has 0 saturated carbocycles. The fourth-order valence-corrected chi connectivity index (χ4v) is 3.61. The highest BCUT2D eigenvalue weighted by atomic mass is 19.1. The van der Waals surface area contributed by atoms with Gasteiger partial charge >= 0.3 is 5.97 Å². The van der Waals surface area contributed by atoms with Crippen LogP contribution in [0.25, 0.3) is 10.9 Å². The van der Waals surface area contributed by atoms with Gasteiger partial charge in [-0.15, -0.1) is 0 Å². The van der Waals surface area contributed by atoms with Crippen molar-refractivity contribution >= 4 is 22.8 Å². The Hall–Kier alpha value is -3.19. The zero-order chi connectivity index (χ0) is 19.7. The molecule has 0 radical (unpaired) electrons. The Morgan fingerprint density at radius 1 is 1.29 bits per heavy atom. The molecule has 2 heterocycles. The van der Waals surface area contributed by atoms with Crippen LogP contribution in [0.4, 0.5) is 4.39 Å². The molecule has 0 aliphatic carbocycles. The molecule has 2 aromatic carbocycles. The van der Waals surface area contributed by atoms with Gasteiger partial charge < -0.3 is 20.1 Å². The standard InChI is InChI=1S/C21H19FN2O4/c22-14-5-6-15-13(11-23-17(15)10-14)9-18(21(26)27)24-20(25)19-16-4-2-1-3-12(16)7-8-28-19/h1-6,10-11,18-19,23H,7-9H2,(H,24,25)(H,26,27)/t18-,19+/m1/s1. The van der Waals surface area contributed by atoms with Crippen molar-refractivity contribution in [1.29, 1.82) is 0 Å². The number of hydrogen-bond donors (Lipinski definition) is 3. The first-order valence-corrected chi connectivity index (χ1v) is 9.01. The van der Waals surface area contributed by atoms with Crippen molar-refractivity contribution in [3.05, 3.63) is 71.2 Å². The van der Waals surface area contributed by atoms with Crippen LogP contribution in [0.5, 0.6) is 0 Å². The molecule has 1 aliphatic heterocycles. The maximum Gasteiger partial charge on any atom is 0.326 e. The zero-order valence-electron chi connectivity index (χ0n) is 14.9. The van der Waals surface area contributed by atoms with Gasteiger partial charge in [0, 0.05) is 23.5 Å². The van der Waals surface area contributed by atoms with Gasteiger partial charge in [0.05, 0.1) is 6.61 Å². The largest absolute Gasteiger partial charge is 0.480 e. The molecular formula is C21H19FN2O4. The lowest BCUT2D eigenvalue weighted by atomic mass is 9.96. The van der Waals surface area contributed by atoms with Gasteiger partial charge in [-0.25, -0.2) is 9.18 Å². The summed E-state index contributed by atoms with van der Waals surface area (Å²) in [7, 11) is 0. The van der Waals surface area contributed by atoms with Crippen LogP contribution in [0.1, 0.15) is 22.8 Å². The number of rotatable bonds is 5. The van der Waals surface area contributed by atoms with Crippen LogP contribution >= 0.6 is 0 Å². The summed E-state index contributed by atoms with van der Waals surface area (Å²) >= 11 is 0. The van der Waals surface area contributed by atoms with Gasteiger partial charge in [-0.05, 0) is 41.3 Å². The van der Waals surface area contributed by atoms with E-state index < -0.39 is 24.0 Å². The van der Waals surface area contributed by atoms with Crippen LogP contribution in [0.2, 0.25) is 0 Å². The summed E-state index contributed by atoms with van der Waals surface area (Å²) in [6, 6.07) is 10.6. The van der Waals surface area contributed by atoms with E-state index in [2.05, 4.69) is 10.3 Å². The van der Waals surface area contributed by atoms with Crippen LogP contribution in [0.15, 0.2) is 48.7 Å². The second kappa shape index (κ2) is 7.44. The monoisotopic (exact) mass is 382 g/mol. The molecule has 2 atom stereocenters. The predicted molar refractivity (Wildman–Crippen MR) is 100 cm³/mol. The zero-order valence-corrected chi connectivity index (χ0v) is 14.9. The first kappa shape index (κ1) is 18.2. The third-order valence-corrected chi connectivity index (χ3v) is 5.00. The van der Waals surface area contributed by atoms with E-state index in [1.165, 1.54) is 12.1 Å². The first-order valence-electron chi connectivity index (χ1n) is 9.01. The maximum atomic E-state index is 13.4.